The molecule has 0 rings (SSSR count). The minimum Gasteiger partial charge on any atom is -0.748 e. The standard InChI is InChI=1S/C12H28N.C2H6O3S/c1-5-7-8-9-10-11-12-13(3,4)6-2;1-2-6(3,4)5/h5-12H2,1-4H3;2H2,1H3,(H,3,4,5)/q+1;/p-1. The van der Waals surface area contributed by atoms with Crippen LogP contribution in [0.5, 0.6) is 0 Å². The largest absolute Gasteiger partial charge is 0.748 e. The Labute approximate surface area is 120 Å². The van der Waals surface area contributed by atoms with Gasteiger partial charge in [-0.15, -0.1) is 0 Å². The maximum Gasteiger partial charge on any atom is 0.0943 e. The molecule has 0 fully saturated rings. The van der Waals surface area contributed by atoms with Crippen molar-refractivity contribution >= 4 is 10.1 Å². The first kappa shape index (κ1) is 21.2. The van der Waals surface area contributed by atoms with Crippen molar-refractivity contribution in [3.05, 3.63) is 0 Å². The maximum atomic E-state index is 9.44. The fraction of sp³-hybridized carbons (Fsp3) is 1.00. The third-order valence-corrected chi connectivity index (χ3v) is 4.03. The third kappa shape index (κ3) is 20.4. The van der Waals surface area contributed by atoms with Gasteiger partial charge in [-0.05, 0) is 19.8 Å². The molecule has 0 saturated carbocycles. The molecule has 0 aliphatic carbocycles. The molecule has 0 radical (unpaired) electrons. The summed E-state index contributed by atoms with van der Waals surface area (Å²) in [5, 5.41) is 0. The van der Waals surface area contributed by atoms with E-state index in [4.69, 9.17) is 0 Å². The van der Waals surface area contributed by atoms with Gasteiger partial charge in [-0.25, -0.2) is 8.42 Å². The van der Waals surface area contributed by atoms with Gasteiger partial charge in [-0.1, -0.05) is 39.5 Å². The number of hydrogen-bond donors (Lipinski definition) is 0. The maximum absolute atomic E-state index is 9.44. The molecular weight excluding hydrogens is 262 g/mol. The van der Waals surface area contributed by atoms with E-state index in [9.17, 15) is 13.0 Å². The average molecular weight is 295 g/mol. The molecule has 0 bridgehead atoms. The molecule has 0 aromatic carbocycles. The Hall–Kier alpha value is -0.130. The molecule has 0 aromatic rings. The van der Waals surface area contributed by atoms with Crippen LogP contribution in [0.2, 0.25) is 0 Å². The van der Waals surface area contributed by atoms with E-state index < -0.39 is 10.1 Å². The number of quaternary nitrogens is 1. The normalized spacial score (nSPS) is 11.9. The molecule has 0 spiro atoms. The molecule has 0 saturated heterocycles. The van der Waals surface area contributed by atoms with Gasteiger partial charge >= 0.3 is 0 Å². The zero-order chi connectivity index (χ0) is 15.4. The molecule has 5 heteroatoms. The Kier molecular flexibility index (Phi) is 13.0. The number of hydrogen-bond acceptors (Lipinski definition) is 3. The molecule has 0 heterocycles. The summed E-state index contributed by atoms with van der Waals surface area (Å²) in [6.45, 7) is 8.47. The zero-order valence-corrected chi connectivity index (χ0v) is 14.3. The van der Waals surface area contributed by atoms with E-state index in [1.54, 1.807) is 0 Å². The second-order valence-electron chi connectivity index (χ2n) is 5.59. The van der Waals surface area contributed by atoms with E-state index in [-0.39, 0.29) is 5.75 Å². The first-order valence-corrected chi connectivity index (χ1v) is 9.01. The molecule has 0 aliphatic heterocycles. The van der Waals surface area contributed by atoms with Crippen LogP contribution in [0.4, 0.5) is 0 Å². The van der Waals surface area contributed by atoms with E-state index in [0.717, 1.165) is 0 Å². The Bertz CT molecular complexity index is 287. The molecule has 118 valence electrons. The van der Waals surface area contributed by atoms with Gasteiger partial charge in [0.05, 0.1) is 37.3 Å². The minimum absolute atomic E-state index is 0.312. The molecule has 0 aromatic heterocycles. The van der Waals surface area contributed by atoms with E-state index in [1.807, 2.05) is 0 Å². The lowest BCUT2D eigenvalue weighted by molar-refractivity contribution is -0.888. The first-order valence-electron chi connectivity index (χ1n) is 7.44. The van der Waals surface area contributed by atoms with Crippen molar-refractivity contribution < 1.29 is 17.5 Å². The van der Waals surface area contributed by atoms with Crippen LogP contribution in [0.25, 0.3) is 0 Å². The first-order chi connectivity index (χ1) is 8.68. The number of unbranched alkanes of at least 4 members (excludes halogenated alkanes) is 5. The van der Waals surface area contributed by atoms with Crippen molar-refractivity contribution in [2.24, 2.45) is 0 Å². The summed E-state index contributed by atoms with van der Waals surface area (Å²) >= 11 is 0. The monoisotopic (exact) mass is 295 g/mol. The Morgan fingerprint density at radius 3 is 1.68 bits per heavy atom. The van der Waals surface area contributed by atoms with E-state index in [2.05, 4.69) is 27.9 Å². The van der Waals surface area contributed by atoms with Gasteiger partial charge in [0.15, 0.2) is 0 Å². The van der Waals surface area contributed by atoms with Gasteiger partial charge in [-0.3, -0.25) is 0 Å². The number of rotatable bonds is 9. The molecule has 0 aliphatic rings. The van der Waals surface area contributed by atoms with Crippen LogP contribution < -0.4 is 0 Å². The quantitative estimate of drug-likeness (QED) is 0.373. The van der Waals surface area contributed by atoms with Gasteiger partial charge in [0.2, 0.25) is 0 Å². The highest BCUT2D eigenvalue weighted by Crippen LogP contribution is 2.07. The van der Waals surface area contributed by atoms with Crippen molar-refractivity contribution in [2.75, 3.05) is 32.9 Å². The molecule has 0 unspecified atom stereocenters. The second kappa shape index (κ2) is 11.7. The van der Waals surface area contributed by atoms with E-state index >= 15 is 0 Å². The summed E-state index contributed by atoms with van der Waals surface area (Å²) < 4.78 is 29.5. The van der Waals surface area contributed by atoms with Crippen LogP contribution in [0.1, 0.15) is 59.3 Å². The average Bonchev–Trinajstić information content (AvgIpc) is 2.33. The van der Waals surface area contributed by atoms with Crippen molar-refractivity contribution in [3.63, 3.8) is 0 Å². The second-order valence-corrected chi connectivity index (χ2v) is 7.28. The van der Waals surface area contributed by atoms with Crippen LogP contribution in [0.15, 0.2) is 0 Å². The van der Waals surface area contributed by atoms with Crippen molar-refractivity contribution in [2.45, 2.75) is 59.3 Å². The van der Waals surface area contributed by atoms with Gasteiger partial charge in [0.25, 0.3) is 0 Å². The van der Waals surface area contributed by atoms with Crippen LogP contribution in [-0.2, 0) is 10.1 Å². The zero-order valence-electron chi connectivity index (χ0n) is 13.4. The summed E-state index contributed by atoms with van der Waals surface area (Å²) in [6.07, 6.45) is 8.50. The molecule has 19 heavy (non-hydrogen) atoms. The smallest absolute Gasteiger partial charge is 0.0943 e. The Morgan fingerprint density at radius 2 is 1.32 bits per heavy atom. The molecule has 0 amide bonds. The SMILES string of the molecule is CCCCCCCC[N+](C)(C)CC.CCS(=O)(=O)[O-]. The predicted octanol–water partition coefficient (Wildman–Crippen LogP) is 2.99. The lowest BCUT2D eigenvalue weighted by Gasteiger charge is -2.28. The van der Waals surface area contributed by atoms with Gasteiger partial charge in [0, 0.05) is 5.75 Å². The summed E-state index contributed by atoms with van der Waals surface area (Å²) in [5.74, 6) is -0.312. The van der Waals surface area contributed by atoms with Crippen LogP contribution in [0, 0.1) is 0 Å². The Morgan fingerprint density at radius 1 is 0.895 bits per heavy atom. The third-order valence-electron chi connectivity index (χ3n) is 3.33. The lowest BCUT2D eigenvalue weighted by atomic mass is 10.1. The highest BCUT2D eigenvalue weighted by atomic mass is 32.2. The van der Waals surface area contributed by atoms with Crippen LogP contribution in [0.3, 0.4) is 0 Å². The van der Waals surface area contributed by atoms with Crippen LogP contribution >= 0.6 is 0 Å². The molecular formula is C14H33NO3S. The molecule has 0 N–H and O–H groups in total. The van der Waals surface area contributed by atoms with Crippen molar-refractivity contribution in [1.29, 1.82) is 0 Å². The van der Waals surface area contributed by atoms with E-state index in [0.29, 0.717) is 0 Å². The highest BCUT2D eigenvalue weighted by molar-refractivity contribution is 7.85. The Balaban J connectivity index is 0. The van der Waals surface area contributed by atoms with Crippen molar-refractivity contribution in [1.82, 2.24) is 0 Å². The molecule has 0 atom stereocenters. The van der Waals surface area contributed by atoms with Gasteiger partial charge in [-0.2, -0.15) is 0 Å². The lowest BCUT2D eigenvalue weighted by Crippen LogP contribution is -2.39. The van der Waals surface area contributed by atoms with Crippen LogP contribution in [-0.4, -0.2) is 50.4 Å². The van der Waals surface area contributed by atoms with Gasteiger partial charge in [0.1, 0.15) is 0 Å². The highest BCUT2D eigenvalue weighted by Gasteiger charge is 2.09. The molecule has 4 nitrogen and oxygen atoms in total. The fourth-order valence-electron chi connectivity index (χ4n) is 1.48. The predicted molar refractivity (Wildman–Crippen MR) is 81.1 cm³/mol. The fourth-order valence-corrected chi connectivity index (χ4v) is 1.48. The van der Waals surface area contributed by atoms with Gasteiger partial charge < -0.3 is 9.04 Å². The summed E-state index contributed by atoms with van der Waals surface area (Å²) in [6, 6.07) is 0. The topological polar surface area (TPSA) is 57.2 Å². The summed E-state index contributed by atoms with van der Waals surface area (Å²) in [7, 11) is 0.739. The summed E-state index contributed by atoms with van der Waals surface area (Å²) in [5.41, 5.74) is 0. The number of nitrogens with zero attached hydrogens (tertiary/aromatic N) is 1. The van der Waals surface area contributed by atoms with Crippen molar-refractivity contribution in [3.8, 4) is 0 Å². The van der Waals surface area contributed by atoms with E-state index in [1.165, 1.54) is 63.0 Å². The summed E-state index contributed by atoms with van der Waals surface area (Å²) in [4.78, 5) is 0. The minimum atomic E-state index is -3.91.